The van der Waals surface area contributed by atoms with Gasteiger partial charge in [-0.2, -0.15) is 5.10 Å². The molecule has 3 aromatic heterocycles. The summed E-state index contributed by atoms with van der Waals surface area (Å²) in [5.41, 5.74) is 10.8. The fourth-order valence-electron chi connectivity index (χ4n) is 4.51. The van der Waals surface area contributed by atoms with Crippen LogP contribution in [0.1, 0.15) is 18.4 Å². The van der Waals surface area contributed by atoms with Crippen LogP contribution in [0.4, 0.5) is 5.82 Å². The number of nitrogens with zero attached hydrogens (tertiary/aromatic N) is 5. The van der Waals surface area contributed by atoms with Crippen molar-refractivity contribution in [2.45, 2.75) is 18.3 Å². The molecule has 30 heavy (non-hydrogen) atoms. The van der Waals surface area contributed by atoms with Crippen LogP contribution in [-0.2, 0) is 12.5 Å². The van der Waals surface area contributed by atoms with E-state index in [9.17, 15) is 0 Å². The van der Waals surface area contributed by atoms with E-state index in [0.717, 1.165) is 52.8 Å². The number of halogens is 1. The lowest BCUT2D eigenvalue weighted by atomic mass is 9.72. The summed E-state index contributed by atoms with van der Waals surface area (Å²) >= 11 is 3.62. The first-order valence-corrected chi connectivity index (χ1v) is 10.9. The molecular weight excluding hydrogens is 442 g/mol. The number of anilines is 1. The minimum absolute atomic E-state index is 0.0315. The van der Waals surface area contributed by atoms with Gasteiger partial charge in [0.05, 0.1) is 11.6 Å². The van der Waals surface area contributed by atoms with Crippen LogP contribution in [0.25, 0.3) is 22.2 Å². The molecule has 1 aliphatic heterocycles. The van der Waals surface area contributed by atoms with Crippen LogP contribution in [0.2, 0.25) is 0 Å². The van der Waals surface area contributed by atoms with Crippen LogP contribution >= 0.6 is 15.9 Å². The van der Waals surface area contributed by atoms with E-state index >= 15 is 0 Å². The smallest absolute Gasteiger partial charge is 0.144 e. The van der Waals surface area contributed by atoms with Crippen molar-refractivity contribution in [1.82, 2.24) is 24.7 Å². The number of fused-ring (bicyclic) bond motifs is 1. The van der Waals surface area contributed by atoms with E-state index in [0.29, 0.717) is 6.54 Å². The molecule has 1 aliphatic rings. The van der Waals surface area contributed by atoms with E-state index in [-0.39, 0.29) is 5.41 Å². The highest BCUT2D eigenvalue weighted by atomic mass is 79.9. The molecule has 4 heterocycles. The van der Waals surface area contributed by atoms with Gasteiger partial charge in [0.1, 0.15) is 17.8 Å². The van der Waals surface area contributed by atoms with Gasteiger partial charge in [0, 0.05) is 54.5 Å². The minimum Gasteiger partial charge on any atom is -0.356 e. The van der Waals surface area contributed by atoms with Crippen molar-refractivity contribution in [2.75, 3.05) is 24.5 Å². The average Bonchev–Trinajstić information content (AvgIpc) is 3.40. The summed E-state index contributed by atoms with van der Waals surface area (Å²) in [5.74, 6) is 0.975. The zero-order valence-corrected chi connectivity index (χ0v) is 18.4. The van der Waals surface area contributed by atoms with Gasteiger partial charge in [-0.3, -0.25) is 4.68 Å². The Hall–Kier alpha value is -2.71. The first-order chi connectivity index (χ1) is 14.6. The van der Waals surface area contributed by atoms with Crippen LogP contribution in [0, 0.1) is 0 Å². The van der Waals surface area contributed by atoms with Gasteiger partial charge in [0.2, 0.25) is 0 Å². The summed E-state index contributed by atoms with van der Waals surface area (Å²) in [5, 5.41) is 5.35. The monoisotopic (exact) mass is 465 g/mol. The third-order valence-electron chi connectivity index (χ3n) is 6.33. The van der Waals surface area contributed by atoms with Crippen LogP contribution in [0.15, 0.2) is 53.7 Å². The lowest BCUT2D eigenvalue weighted by molar-refractivity contribution is 0.339. The third kappa shape index (κ3) is 3.20. The molecule has 4 aromatic rings. The highest BCUT2D eigenvalue weighted by molar-refractivity contribution is 9.10. The highest BCUT2D eigenvalue weighted by Gasteiger charge is 2.36. The minimum atomic E-state index is -0.0315. The van der Waals surface area contributed by atoms with E-state index in [4.69, 9.17) is 5.73 Å². The molecular formula is C22H24BrN7. The highest BCUT2D eigenvalue weighted by Crippen LogP contribution is 2.39. The predicted molar refractivity (Wildman–Crippen MR) is 122 cm³/mol. The molecule has 0 aliphatic carbocycles. The lowest BCUT2D eigenvalue weighted by Crippen LogP contribution is -2.47. The number of rotatable bonds is 4. The summed E-state index contributed by atoms with van der Waals surface area (Å²) in [4.78, 5) is 14.5. The second-order valence-electron chi connectivity index (χ2n) is 8.01. The molecule has 0 saturated carbocycles. The number of aryl methyl sites for hydroxylation is 1. The Kier molecular flexibility index (Phi) is 4.83. The van der Waals surface area contributed by atoms with E-state index in [1.54, 1.807) is 6.33 Å². The maximum Gasteiger partial charge on any atom is 0.144 e. The zero-order chi connectivity index (χ0) is 20.7. The maximum atomic E-state index is 6.37. The second kappa shape index (κ2) is 7.52. The molecule has 5 rings (SSSR count). The molecule has 8 heteroatoms. The fourth-order valence-corrected chi connectivity index (χ4v) is 4.98. The Labute approximate surface area is 183 Å². The summed E-state index contributed by atoms with van der Waals surface area (Å²) in [6, 6.07) is 8.77. The van der Waals surface area contributed by atoms with E-state index in [1.165, 1.54) is 11.1 Å². The van der Waals surface area contributed by atoms with Crippen molar-refractivity contribution in [3.63, 3.8) is 0 Å². The normalized spacial score (nSPS) is 16.3. The molecule has 0 unspecified atom stereocenters. The van der Waals surface area contributed by atoms with Crippen molar-refractivity contribution in [1.29, 1.82) is 0 Å². The number of piperidine rings is 1. The Morgan fingerprint density at radius 2 is 2.03 bits per heavy atom. The molecule has 0 spiro atoms. The molecule has 1 aromatic carbocycles. The SMILES string of the molecule is Cn1cc(-c2cccc(C3(CN)CCN(c4ncnc5[nH]cc(Br)c45)CC3)c2)cn1. The molecule has 0 bridgehead atoms. The summed E-state index contributed by atoms with van der Waals surface area (Å²) in [7, 11) is 1.94. The predicted octanol–water partition coefficient (Wildman–Crippen LogP) is 3.62. The first-order valence-electron chi connectivity index (χ1n) is 10.1. The quantitative estimate of drug-likeness (QED) is 0.480. The summed E-state index contributed by atoms with van der Waals surface area (Å²) in [6.07, 6.45) is 9.46. The number of hydrogen-bond acceptors (Lipinski definition) is 5. The number of nitrogens with two attached hydrogens (primary N) is 1. The molecule has 1 saturated heterocycles. The number of aromatic nitrogens is 5. The molecule has 0 amide bonds. The second-order valence-corrected chi connectivity index (χ2v) is 8.87. The standard InChI is InChI=1S/C22H24BrN7/c1-29-12-16(10-28-29)15-3-2-4-17(9-15)22(13-24)5-7-30(8-6-22)21-19-18(23)11-25-20(19)26-14-27-21/h2-4,9-12,14H,5-8,13,24H2,1H3,(H,25,26,27). The Balaban J connectivity index is 1.43. The fraction of sp³-hybridized carbons (Fsp3) is 0.318. The zero-order valence-electron chi connectivity index (χ0n) is 16.8. The number of benzene rings is 1. The van der Waals surface area contributed by atoms with Gasteiger partial charge in [-0.1, -0.05) is 24.3 Å². The van der Waals surface area contributed by atoms with Crippen LogP contribution < -0.4 is 10.6 Å². The van der Waals surface area contributed by atoms with Gasteiger partial charge in [-0.25, -0.2) is 9.97 Å². The van der Waals surface area contributed by atoms with E-state index in [2.05, 4.69) is 65.1 Å². The third-order valence-corrected chi connectivity index (χ3v) is 6.95. The lowest BCUT2D eigenvalue weighted by Gasteiger charge is -2.42. The molecule has 1 fully saturated rings. The van der Waals surface area contributed by atoms with Gasteiger partial charge < -0.3 is 15.6 Å². The van der Waals surface area contributed by atoms with Gasteiger partial charge in [0.15, 0.2) is 0 Å². The van der Waals surface area contributed by atoms with Gasteiger partial charge >= 0.3 is 0 Å². The van der Waals surface area contributed by atoms with Crippen LogP contribution in [0.3, 0.4) is 0 Å². The van der Waals surface area contributed by atoms with Crippen molar-refractivity contribution >= 4 is 32.8 Å². The number of H-pyrrole nitrogens is 1. The van der Waals surface area contributed by atoms with Crippen molar-refractivity contribution < 1.29 is 0 Å². The van der Waals surface area contributed by atoms with Crippen molar-refractivity contribution in [2.24, 2.45) is 12.8 Å². The molecule has 154 valence electrons. The van der Waals surface area contributed by atoms with Gasteiger partial charge in [-0.05, 0) is 39.9 Å². The first kappa shape index (κ1) is 19.3. The van der Waals surface area contributed by atoms with Crippen molar-refractivity contribution in [3.05, 3.63) is 59.2 Å². The number of hydrogen-bond donors (Lipinski definition) is 2. The topological polar surface area (TPSA) is 88.6 Å². The van der Waals surface area contributed by atoms with Crippen LogP contribution in [0.5, 0.6) is 0 Å². The largest absolute Gasteiger partial charge is 0.356 e. The number of aromatic amines is 1. The van der Waals surface area contributed by atoms with Crippen LogP contribution in [-0.4, -0.2) is 44.4 Å². The summed E-state index contributed by atoms with van der Waals surface area (Å²) in [6.45, 7) is 2.43. The van der Waals surface area contributed by atoms with E-state index in [1.807, 2.05) is 30.3 Å². The molecule has 3 N–H and O–H groups in total. The molecule has 0 radical (unpaired) electrons. The van der Waals surface area contributed by atoms with Gasteiger partial charge in [-0.15, -0.1) is 0 Å². The Morgan fingerprint density at radius 1 is 1.20 bits per heavy atom. The molecule has 0 atom stereocenters. The molecule has 7 nitrogen and oxygen atoms in total. The van der Waals surface area contributed by atoms with E-state index < -0.39 is 0 Å². The maximum absolute atomic E-state index is 6.37. The van der Waals surface area contributed by atoms with Gasteiger partial charge in [0.25, 0.3) is 0 Å². The Morgan fingerprint density at radius 3 is 2.77 bits per heavy atom. The summed E-state index contributed by atoms with van der Waals surface area (Å²) < 4.78 is 2.83. The number of nitrogens with one attached hydrogen (secondary N) is 1. The Bertz CT molecular complexity index is 1190. The van der Waals surface area contributed by atoms with Crippen molar-refractivity contribution in [3.8, 4) is 11.1 Å². The average molecular weight is 466 g/mol.